The summed E-state index contributed by atoms with van der Waals surface area (Å²) in [6.45, 7) is 4.21. The Bertz CT molecular complexity index is 319. The highest BCUT2D eigenvalue weighted by Crippen LogP contribution is 2.03. The van der Waals surface area contributed by atoms with Crippen LogP contribution in [-0.4, -0.2) is 39.8 Å². The van der Waals surface area contributed by atoms with Gasteiger partial charge in [0.15, 0.2) is 0 Å². The normalized spacial score (nSPS) is 18.2. The molecule has 0 radical (unpaired) electrons. The number of hydrogen-bond acceptors (Lipinski definition) is 4. The molecule has 82 valence electrons. The van der Waals surface area contributed by atoms with Gasteiger partial charge in [-0.2, -0.15) is 5.10 Å². The zero-order valence-corrected chi connectivity index (χ0v) is 8.68. The van der Waals surface area contributed by atoms with Crippen molar-refractivity contribution in [1.82, 2.24) is 25.4 Å². The highest BCUT2D eigenvalue weighted by Gasteiger charge is 2.25. The molecule has 0 spiro atoms. The Hall–Kier alpha value is -1.43. The maximum Gasteiger partial charge on any atom is 0.225 e. The lowest BCUT2D eigenvalue weighted by molar-refractivity contribution is -0.127. The molecule has 1 fully saturated rings. The van der Waals surface area contributed by atoms with E-state index >= 15 is 0 Å². The van der Waals surface area contributed by atoms with Crippen LogP contribution in [0.25, 0.3) is 0 Å². The van der Waals surface area contributed by atoms with Gasteiger partial charge in [0, 0.05) is 19.1 Å². The van der Waals surface area contributed by atoms with Gasteiger partial charge in [-0.15, -0.1) is 0 Å². The smallest absolute Gasteiger partial charge is 0.225 e. The second-order valence-corrected chi connectivity index (χ2v) is 3.88. The molecule has 0 aromatic carbocycles. The van der Waals surface area contributed by atoms with Gasteiger partial charge in [-0.25, -0.2) is 4.98 Å². The van der Waals surface area contributed by atoms with Crippen LogP contribution in [0.15, 0.2) is 12.7 Å². The Morgan fingerprint density at radius 3 is 3.07 bits per heavy atom. The fourth-order valence-electron chi connectivity index (χ4n) is 1.49. The van der Waals surface area contributed by atoms with Crippen molar-refractivity contribution in [2.24, 2.45) is 5.92 Å². The number of nitrogens with zero attached hydrogens (tertiary/aromatic N) is 3. The number of rotatable bonds is 4. The summed E-state index contributed by atoms with van der Waals surface area (Å²) in [6.07, 6.45) is 3.14. The molecule has 1 aliphatic rings. The van der Waals surface area contributed by atoms with Gasteiger partial charge in [-0.05, 0) is 6.92 Å². The standard InChI is InChI=1S/C9H15N5O/c1-7(4-14-6-11-5-12-14)13-9(15)8-2-10-3-8/h5-8,10H,2-4H2,1H3,(H,13,15). The van der Waals surface area contributed by atoms with Crippen molar-refractivity contribution in [1.29, 1.82) is 0 Å². The monoisotopic (exact) mass is 209 g/mol. The number of hydrogen-bond donors (Lipinski definition) is 2. The maximum atomic E-state index is 11.6. The fourth-order valence-corrected chi connectivity index (χ4v) is 1.49. The third kappa shape index (κ3) is 2.53. The number of carbonyl (C=O) groups excluding carboxylic acids is 1. The summed E-state index contributed by atoms with van der Waals surface area (Å²) in [4.78, 5) is 15.4. The van der Waals surface area contributed by atoms with E-state index in [1.54, 1.807) is 11.0 Å². The Labute approximate surface area is 88.1 Å². The average molecular weight is 209 g/mol. The summed E-state index contributed by atoms with van der Waals surface area (Å²) in [5.41, 5.74) is 0. The SMILES string of the molecule is CC(Cn1cncn1)NC(=O)C1CNC1. The molecule has 6 nitrogen and oxygen atoms in total. The predicted octanol–water partition coefficient (Wildman–Crippen LogP) is -0.998. The lowest BCUT2D eigenvalue weighted by atomic mass is 10.0. The van der Waals surface area contributed by atoms with E-state index in [0.29, 0.717) is 6.54 Å². The molecule has 0 saturated carbocycles. The van der Waals surface area contributed by atoms with E-state index in [1.807, 2.05) is 6.92 Å². The Morgan fingerprint density at radius 2 is 2.53 bits per heavy atom. The number of amides is 1. The van der Waals surface area contributed by atoms with Crippen LogP contribution in [0.4, 0.5) is 0 Å². The van der Waals surface area contributed by atoms with E-state index in [9.17, 15) is 4.79 Å². The molecule has 15 heavy (non-hydrogen) atoms. The fraction of sp³-hybridized carbons (Fsp3) is 0.667. The average Bonchev–Trinajstić information content (AvgIpc) is 2.52. The number of carbonyl (C=O) groups is 1. The van der Waals surface area contributed by atoms with Gasteiger partial charge in [-0.1, -0.05) is 0 Å². The summed E-state index contributed by atoms with van der Waals surface area (Å²) in [6, 6.07) is 0.0831. The van der Waals surface area contributed by atoms with Crippen LogP contribution in [0.2, 0.25) is 0 Å². The van der Waals surface area contributed by atoms with Gasteiger partial charge < -0.3 is 10.6 Å². The molecular weight excluding hydrogens is 194 g/mol. The van der Waals surface area contributed by atoms with Crippen molar-refractivity contribution < 1.29 is 4.79 Å². The van der Waals surface area contributed by atoms with E-state index in [1.165, 1.54) is 6.33 Å². The second-order valence-electron chi connectivity index (χ2n) is 3.88. The van der Waals surface area contributed by atoms with Crippen LogP contribution < -0.4 is 10.6 Å². The number of aromatic nitrogens is 3. The quantitative estimate of drug-likeness (QED) is 0.667. The Balaban J connectivity index is 1.76. The van der Waals surface area contributed by atoms with E-state index in [2.05, 4.69) is 20.7 Å². The van der Waals surface area contributed by atoms with Gasteiger partial charge >= 0.3 is 0 Å². The first-order valence-corrected chi connectivity index (χ1v) is 5.09. The third-order valence-corrected chi connectivity index (χ3v) is 2.47. The van der Waals surface area contributed by atoms with E-state index in [-0.39, 0.29) is 17.9 Å². The molecule has 1 aliphatic heterocycles. The molecule has 1 aromatic rings. The summed E-state index contributed by atoms with van der Waals surface area (Å²) in [5.74, 6) is 0.268. The van der Waals surface area contributed by atoms with E-state index in [0.717, 1.165) is 13.1 Å². The van der Waals surface area contributed by atoms with Gasteiger partial charge in [-0.3, -0.25) is 9.48 Å². The zero-order chi connectivity index (χ0) is 10.7. The Morgan fingerprint density at radius 1 is 1.73 bits per heavy atom. The lowest BCUT2D eigenvalue weighted by Crippen LogP contribution is -2.52. The van der Waals surface area contributed by atoms with Crippen LogP contribution in [0, 0.1) is 5.92 Å². The van der Waals surface area contributed by atoms with Crippen molar-refractivity contribution >= 4 is 5.91 Å². The molecular formula is C9H15N5O. The third-order valence-electron chi connectivity index (χ3n) is 2.47. The first kappa shape index (κ1) is 10.1. The molecule has 1 unspecified atom stereocenters. The lowest BCUT2D eigenvalue weighted by Gasteiger charge is -2.27. The minimum atomic E-state index is 0.0831. The summed E-state index contributed by atoms with van der Waals surface area (Å²) < 4.78 is 1.71. The number of nitrogens with one attached hydrogen (secondary N) is 2. The first-order chi connectivity index (χ1) is 7.25. The highest BCUT2D eigenvalue weighted by atomic mass is 16.2. The molecule has 2 heterocycles. The van der Waals surface area contributed by atoms with Crippen LogP contribution in [0.5, 0.6) is 0 Å². The first-order valence-electron chi connectivity index (χ1n) is 5.09. The largest absolute Gasteiger partial charge is 0.351 e. The molecule has 2 rings (SSSR count). The molecule has 6 heteroatoms. The summed E-state index contributed by atoms with van der Waals surface area (Å²) >= 11 is 0. The molecule has 0 aliphatic carbocycles. The topological polar surface area (TPSA) is 71.8 Å². The molecule has 0 bridgehead atoms. The van der Waals surface area contributed by atoms with E-state index in [4.69, 9.17) is 0 Å². The van der Waals surface area contributed by atoms with Crippen molar-refractivity contribution in [3.8, 4) is 0 Å². The minimum absolute atomic E-state index is 0.0831. The minimum Gasteiger partial charge on any atom is -0.351 e. The highest BCUT2D eigenvalue weighted by molar-refractivity contribution is 5.80. The molecule has 1 saturated heterocycles. The van der Waals surface area contributed by atoms with Crippen molar-refractivity contribution in [2.75, 3.05) is 13.1 Å². The van der Waals surface area contributed by atoms with Crippen LogP contribution in [0.3, 0.4) is 0 Å². The second kappa shape index (κ2) is 4.39. The Kier molecular flexibility index (Phi) is 2.96. The van der Waals surface area contributed by atoms with Gasteiger partial charge in [0.25, 0.3) is 0 Å². The van der Waals surface area contributed by atoms with Crippen molar-refractivity contribution in [3.05, 3.63) is 12.7 Å². The summed E-state index contributed by atoms with van der Waals surface area (Å²) in [5, 5.41) is 10.0. The van der Waals surface area contributed by atoms with Gasteiger partial charge in [0.2, 0.25) is 5.91 Å². The molecule has 1 atom stereocenters. The molecule has 2 N–H and O–H groups in total. The van der Waals surface area contributed by atoms with Crippen LogP contribution in [-0.2, 0) is 11.3 Å². The van der Waals surface area contributed by atoms with E-state index < -0.39 is 0 Å². The van der Waals surface area contributed by atoms with Gasteiger partial charge in [0.1, 0.15) is 12.7 Å². The van der Waals surface area contributed by atoms with Gasteiger partial charge in [0.05, 0.1) is 12.5 Å². The predicted molar refractivity (Wildman–Crippen MR) is 54.0 cm³/mol. The molecule has 1 aromatic heterocycles. The van der Waals surface area contributed by atoms with Crippen LogP contribution in [0.1, 0.15) is 6.92 Å². The van der Waals surface area contributed by atoms with Crippen molar-refractivity contribution in [2.45, 2.75) is 19.5 Å². The summed E-state index contributed by atoms with van der Waals surface area (Å²) in [7, 11) is 0. The maximum absolute atomic E-state index is 11.6. The zero-order valence-electron chi connectivity index (χ0n) is 8.68. The van der Waals surface area contributed by atoms with Crippen molar-refractivity contribution in [3.63, 3.8) is 0 Å². The van der Waals surface area contributed by atoms with Crippen LogP contribution >= 0.6 is 0 Å². The molecule has 1 amide bonds.